The predicted octanol–water partition coefficient (Wildman–Crippen LogP) is 4.21. The third-order valence-corrected chi connectivity index (χ3v) is 5.05. The minimum Gasteiger partial charge on any atom is -0.483 e. The predicted molar refractivity (Wildman–Crippen MR) is 112 cm³/mol. The number of para-hydroxylation sites is 1. The highest BCUT2D eigenvalue weighted by Crippen LogP contribution is 2.25. The molecule has 3 rings (SSSR count). The Hall–Kier alpha value is -3.40. The average Bonchev–Trinajstić information content (AvgIpc) is 3.15. The molecule has 9 nitrogen and oxygen atoms in total. The number of amides is 1. The molecular weight excluding hydrogens is 408 g/mol. The Morgan fingerprint density at radius 3 is 2.60 bits per heavy atom. The van der Waals surface area contributed by atoms with Gasteiger partial charge in [0.05, 0.1) is 16.4 Å². The fourth-order valence-electron chi connectivity index (χ4n) is 2.69. The van der Waals surface area contributed by atoms with Crippen LogP contribution in [0.1, 0.15) is 22.6 Å². The molecular formula is C20H20N4O5S. The van der Waals surface area contributed by atoms with Crippen LogP contribution in [-0.4, -0.2) is 26.8 Å². The lowest BCUT2D eigenvalue weighted by atomic mass is 10.1. The molecule has 10 heteroatoms. The van der Waals surface area contributed by atoms with E-state index in [9.17, 15) is 14.9 Å². The summed E-state index contributed by atoms with van der Waals surface area (Å²) in [5.74, 6) is 0.753. The summed E-state index contributed by atoms with van der Waals surface area (Å²) >= 11 is 1.07. The number of benzene rings is 2. The molecule has 0 bridgehead atoms. The SMILES string of the molecule is Cc1ccc([N+](=O)[O-])cc1NC(=O)CSc1nnc(COc2c(C)cccc2C)o1. The number of non-ortho nitro benzene ring substituents is 1. The van der Waals surface area contributed by atoms with E-state index in [0.29, 0.717) is 11.6 Å². The molecule has 0 spiro atoms. The van der Waals surface area contributed by atoms with Crippen molar-refractivity contribution in [3.8, 4) is 5.75 Å². The number of hydrogen-bond acceptors (Lipinski definition) is 8. The maximum Gasteiger partial charge on any atom is 0.277 e. The van der Waals surface area contributed by atoms with Gasteiger partial charge in [-0.25, -0.2) is 0 Å². The van der Waals surface area contributed by atoms with Crippen LogP contribution < -0.4 is 10.1 Å². The van der Waals surface area contributed by atoms with Gasteiger partial charge in [-0.05, 0) is 37.5 Å². The summed E-state index contributed by atoms with van der Waals surface area (Å²) in [7, 11) is 0. The van der Waals surface area contributed by atoms with Crippen molar-refractivity contribution in [2.75, 3.05) is 11.1 Å². The molecule has 0 aliphatic heterocycles. The summed E-state index contributed by atoms with van der Waals surface area (Å²) in [4.78, 5) is 22.6. The Kier molecular flexibility index (Phi) is 6.68. The number of nitrogens with one attached hydrogen (secondary N) is 1. The van der Waals surface area contributed by atoms with Gasteiger partial charge in [0.15, 0.2) is 6.61 Å². The lowest BCUT2D eigenvalue weighted by molar-refractivity contribution is -0.384. The van der Waals surface area contributed by atoms with Crippen LogP contribution in [0, 0.1) is 30.9 Å². The van der Waals surface area contributed by atoms with E-state index in [2.05, 4.69) is 15.5 Å². The third-order valence-electron chi connectivity index (χ3n) is 4.23. The Balaban J connectivity index is 1.53. The maximum absolute atomic E-state index is 12.2. The number of nitro benzene ring substituents is 1. The first-order valence-electron chi connectivity index (χ1n) is 9.02. The summed E-state index contributed by atoms with van der Waals surface area (Å²) in [6.45, 7) is 5.80. The van der Waals surface area contributed by atoms with Crippen LogP contribution in [0.4, 0.5) is 11.4 Å². The molecule has 0 saturated heterocycles. The number of aryl methyl sites for hydroxylation is 3. The van der Waals surface area contributed by atoms with Gasteiger partial charge in [-0.2, -0.15) is 0 Å². The van der Waals surface area contributed by atoms with E-state index >= 15 is 0 Å². The molecule has 1 N–H and O–H groups in total. The van der Waals surface area contributed by atoms with Crippen LogP contribution in [0.25, 0.3) is 0 Å². The molecule has 0 aliphatic carbocycles. The number of carbonyl (C=O) groups is 1. The second-order valence-electron chi connectivity index (χ2n) is 6.56. The lowest BCUT2D eigenvalue weighted by Crippen LogP contribution is -2.15. The zero-order valence-electron chi connectivity index (χ0n) is 16.7. The van der Waals surface area contributed by atoms with Crippen LogP contribution in [0.3, 0.4) is 0 Å². The molecule has 0 unspecified atom stereocenters. The van der Waals surface area contributed by atoms with E-state index in [-0.39, 0.29) is 29.2 Å². The molecule has 0 saturated carbocycles. The first-order chi connectivity index (χ1) is 14.3. The van der Waals surface area contributed by atoms with Crippen molar-refractivity contribution in [3.05, 3.63) is 69.1 Å². The van der Waals surface area contributed by atoms with Gasteiger partial charge in [0.2, 0.25) is 5.91 Å². The number of carbonyl (C=O) groups excluding carboxylic acids is 1. The number of thioether (sulfide) groups is 1. The molecule has 1 heterocycles. The van der Waals surface area contributed by atoms with Crippen molar-refractivity contribution in [3.63, 3.8) is 0 Å². The maximum atomic E-state index is 12.2. The van der Waals surface area contributed by atoms with Crippen molar-refractivity contribution < 1.29 is 18.9 Å². The van der Waals surface area contributed by atoms with Gasteiger partial charge >= 0.3 is 0 Å². The van der Waals surface area contributed by atoms with E-state index in [1.165, 1.54) is 12.1 Å². The first kappa shape index (κ1) is 21.3. The second-order valence-corrected chi connectivity index (χ2v) is 7.49. The highest BCUT2D eigenvalue weighted by molar-refractivity contribution is 7.99. The smallest absolute Gasteiger partial charge is 0.277 e. The number of ether oxygens (including phenoxy) is 1. The minimum absolute atomic E-state index is 0.0154. The number of aromatic nitrogens is 2. The minimum atomic E-state index is -0.510. The second kappa shape index (κ2) is 9.40. The standard InChI is InChI=1S/C20H20N4O5S/c1-12-7-8-15(24(26)27)9-16(12)21-17(25)11-30-20-23-22-18(29-20)10-28-19-13(2)5-4-6-14(19)3/h4-9H,10-11H2,1-3H3,(H,21,25). The molecule has 0 atom stereocenters. The Labute approximate surface area is 177 Å². The highest BCUT2D eigenvalue weighted by atomic mass is 32.2. The van der Waals surface area contributed by atoms with Gasteiger partial charge < -0.3 is 14.5 Å². The normalized spacial score (nSPS) is 10.6. The molecule has 1 amide bonds. The van der Waals surface area contributed by atoms with E-state index in [0.717, 1.165) is 34.2 Å². The number of rotatable bonds is 8. The molecule has 30 heavy (non-hydrogen) atoms. The fourth-order valence-corrected chi connectivity index (χ4v) is 3.27. The van der Waals surface area contributed by atoms with Crippen molar-refractivity contribution in [2.45, 2.75) is 32.6 Å². The van der Waals surface area contributed by atoms with Crippen molar-refractivity contribution in [1.29, 1.82) is 0 Å². The van der Waals surface area contributed by atoms with Gasteiger partial charge in [0, 0.05) is 12.1 Å². The molecule has 3 aromatic rings. The van der Waals surface area contributed by atoms with Gasteiger partial charge in [0.1, 0.15) is 5.75 Å². The summed E-state index contributed by atoms with van der Waals surface area (Å²) in [6, 6.07) is 10.2. The summed E-state index contributed by atoms with van der Waals surface area (Å²) in [5, 5.41) is 21.6. The van der Waals surface area contributed by atoms with Crippen LogP contribution in [-0.2, 0) is 11.4 Å². The van der Waals surface area contributed by atoms with E-state index in [1.54, 1.807) is 13.0 Å². The van der Waals surface area contributed by atoms with Crippen molar-refractivity contribution in [1.82, 2.24) is 10.2 Å². The van der Waals surface area contributed by atoms with E-state index in [4.69, 9.17) is 9.15 Å². The number of hydrogen-bond donors (Lipinski definition) is 1. The number of nitrogens with zero attached hydrogens (tertiary/aromatic N) is 3. The summed E-state index contributed by atoms with van der Waals surface area (Å²) < 4.78 is 11.3. The summed E-state index contributed by atoms with van der Waals surface area (Å²) in [5.41, 5.74) is 3.05. The van der Waals surface area contributed by atoms with Crippen LogP contribution in [0.5, 0.6) is 5.75 Å². The molecule has 0 aliphatic rings. The molecule has 0 fully saturated rings. The Morgan fingerprint density at radius 2 is 1.90 bits per heavy atom. The van der Waals surface area contributed by atoms with E-state index < -0.39 is 4.92 Å². The van der Waals surface area contributed by atoms with E-state index in [1.807, 2.05) is 32.0 Å². The topological polar surface area (TPSA) is 120 Å². The van der Waals surface area contributed by atoms with Crippen molar-refractivity contribution >= 4 is 29.0 Å². The number of anilines is 1. The molecule has 0 radical (unpaired) electrons. The van der Waals surface area contributed by atoms with Crippen LogP contribution >= 0.6 is 11.8 Å². The van der Waals surface area contributed by atoms with Crippen molar-refractivity contribution in [2.24, 2.45) is 0 Å². The number of nitro groups is 1. The van der Waals surface area contributed by atoms with Gasteiger partial charge in [-0.1, -0.05) is 36.0 Å². The zero-order valence-corrected chi connectivity index (χ0v) is 17.5. The molecule has 2 aromatic carbocycles. The Morgan fingerprint density at radius 1 is 1.17 bits per heavy atom. The quantitative estimate of drug-likeness (QED) is 0.322. The molecule has 1 aromatic heterocycles. The first-order valence-corrected chi connectivity index (χ1v) is 10.0. The third kappa shape index (κ3) is 5.35. The van der Waals surface area contributed by atoms with Gasteiger partial charge in [0.25, 0.3) is 16.8 Å². The summed E-state index contributed by atoms with van der Waals surface area (Å²) in [6.07, 6.45) is 0. The monoisotopic (exact) mass is 428 g/mol. The largest absolute Gasteiger partial charge is 0.483 e. The lowest BCUT2D eigenvalue weighted by Gasteiger charge is -2.09. The highest BCUT2D eigenvalue weighted by Gasteiger charge is 2.14. The fraction of sp³-hybridized carbons (Fsp3) is 0.250. The zero-order chi connectivity index (χ0) is 21.7. The van der Waals surface area contributed by atoms with Crippen LogP contribution in [0.15, 0.2) is 46.0 Å². The van der Waals surface area contributed by atoms with Gasteiger partial charge in [-0.3, -0.25) is 14.9 Å². The van der Waals surface area contributed by atoms with Crippen LogP contribution in [0.2, 0.25) is 0 Å². The Bertz CT molecular complexity index is 1060. The van der Waals surface area contributed by atoms with Gasteiger partial charge in [-0.15, -0.1) is 10.2 Å². The average molecular weight is 428 g/mol. The molecule has 156 valence electrons.